The van der Waals surface area contributed by atoms with E-state index >= 15 is 0 Å². The highest BCUT2D eigenvalue weighted by Crippen LogP contribution is 2.29. The lowest BCUT2D eigenvalue weighted by atomic mass is 9.84. The normalized spacial score (nSPS) is 17.3. The Morgan fingerprint density at radius 1 is 1.10 bits per heavy atom. The fourth-order valence-electron chi connectivity index (χ4n) is 1.82. The fourth-order valence-corrected chi connectivity index (χ4v) is 2.66. The average molecular weight is 311 g/mol. The van der Waals surface area contributed by atoms with Crippen LogP contribution in [0.5, 0.6) is 0 Å². The number of nitrogens with one attached hydrogen (secondary N) is 1. The number of hydrogen-bond donors (Lipinski definition) is 2. The number of aliphatic hydroxyl groups excluding tert-OH is 1. The van der Waals surface area contributed by atoms with Crippen LogP contribution < -0.4 is 4.72 Å². The summed E-state index contributed by atoms with van der Waals surface area (Å²) < 4.78 is 15.3. The van der Waals surface area contributed by atoms with Gasteiger partial charge < -0.3 is 5.11 Å². The van der Waals surface area contributed by atoms with Gasteiger partial charge in [-0.1, -0.05) is 51.1 Å². The van der Waals surface area contributed by atoms with E-state index in [0.29, 0.717) is 6.42 Å². The number of aliphatic hydroxyl groups is 1. The molecule has 4 heteroatoms. The summed E-state index contributed by atoms with van der Waals surface area (Å²) >= 11 is 0. The standard InChI is InChI=1S/C17H29NO2S/c1-16(2,3)15(19)12-14(13-10-8-7-9-11-13)18-21(20)17(4,5)6/h7-11,14-15,18-19H,12H2,1-6H3/t14-,15+,21?/m1/s1. The molecule has 2 N–H and O–H groups in total. The monoisotopic (exact) mass is 311 g/mol. The molecule has 0 aliphatic heterocycles. The van der Waals surface area contributed by atoms with Gasteiger partial charge in [0.1, 0.15) is 0 Å². The van der Waals surface area contributed by atoms with Crippen LogP contribution in [0.1, 0.15) is 59.6 Å². The molecule has 120 valence electrons. The second kappa shape index (κ2) is 7.03. The minimum atomic E-state index is -1.17. The molecule has 3 atom stereocenters. The quantitative estimate of drug-likeness (QED) is 0.873. The van der Waals surface area contributed by atoms with Gasteiger partial charge in [0.25, 0.3) is 0 Å². The van der Waals surface area contributed by atoms with E-state index in [0.717, 1.165) is 5.56 Å². The summed E-state index contributed by atoms with van der Waals surface area (Å²) in [4.78, 5) is 0. The van der Waals surface area contributed by atoms with Gasteiger partial charge in [0, 0.05) is 6.04 Å². The van der Waals surface area contributed by atoms with E-state index < -0.39 is 17.1 Å². The molecule has 0 aliphatic rings. The van der Waals surface area contributed by atoms with Crippen molar-refractivity contribution in [3.63, 3.8) is 0 Å². The first-order valence-corrected chi connectivity index (χ1v) is 8.58. The largest absolute Gasteiger partial charge is 0.393 e. The zero-order chi connectivity index (χ0) is 16.3. The minimum absolute atomic E-state index is 0.125. The van der Waals surface area contributed by atoms with Crippen LogP contribution in [0, 0.1) is 5.41 Å². The Balaban J connectivity index is 2.94. The Morgan fingerprint density at radius 2 is 1.62 bits per heavy atom. The molecule has 0 heterocycles. The van der Waals surface area contributed by atoms with Crippen LogP contribution in [-0.4, -0.2) is 20.2 Å². The maximum absolute atomic E-state index is 12.4. The lowest BCUT2D eigenvalue weighted by molar-refractivity contribution is 0.0484. The Kier molecular flexibility index (Phi) is 6.14. The number of benzene rings is 1. The Morgan fingerprint density at radius 3 is 2.05 bits per heavy atom. The van der Waals surface area contributed by atoms with Crippen LogP contribution in [-0.2, 0) is 11.0 Å². The molecule has 0 radical (unpaired) electrons. The van der Waals surface area contributed by atoms with Gasteiger partial charge >= 0.3 is 0 Å². The molecular weight excluding hydrogens is 282 g/mol. The molecule has 1 aromatic carbocycles. The van der Waals surface area contributed by atoms with Crippen LogP contribution in [0.15, 0.2) is 30.3 Å². The fraction of sp³-hybridized carbons (Fsp3) is 0.647. The molecule has 1 unspecified atom stereocenters. The maximum atomic E-state index is 12.4. The van der Waals surface area contributed by atoms with Crippen molar-refractivity contribution in [3.8, 4) is 0 Å². The van der Waals surface area contributed by atoms with Crippen LogP contribution in [0.2, 0.25) is 0 Å². The van der Waals surface area contributed by atoms with Crippen LogP contribution in [0.25, 0.3) is 0 Å². The van der Waals surface area contributed by atoms with E-state index in [4.69, 9.17) is 0 Å². The molecule has 0 aliphatic carbocycles. The number of hydrogen-bond acceptors (Lipinski definition) is 2. The Labute approximate surface area is 131 Å². The van der Waals surface area contributed by atoms with Gasteiger partial charge in [0.05, 0.1) is 21.8 Å². The smallest absolute Gasteiger partial charge is 0.0975 e. The second-order valence-electron chi connectivity index (χ2n) is 7.58. The Hall–Kier alpha value is -0.710. The van der Waals surface area contributed by atoms with Gasteiger partial charge in [-0.05, 0) is 38.2 Å². The van der Waals surface area contributed by atoms with Crippen LogP contribution >= 0.6 is 0 Å². The Bertz CT molecular complexity index is 460. The lowest BCUT2D eigenvalue weighted by Gasteiger charge is -2.31. The highest BCUT2D eigenvalue weighted by atomic mass is 32.2. The highest BCUT2D eigenvalue weighted by Gasteiger charge is 2.29. The summed E-state index contributed by atoms with van der Waals surface area (Å²) in [6, 6.07) is 9.78. The zero-order valence-corrected chi connectivity index (χ0v) is 14.8. The van der Waals surface area contributed by atoms with E-state index in [9.17, 15) is 9.32 Å². The molecule has 0 amide bonds. The molecule has 1 aromatic rings. The van der Waals surface area contributed by atoms with Crippen molar-refractivity contribution in [2.45, 2.75) is 64.9 Å². The third-order valence-corrected chi connectivity index (χ3v) is 5.08. The predicted octanol–water partition coefficient (Wildman–Crippen LogP) is 3.58. The van der Waals surface area contributed by atoms with Crippen LogP contribution in [0.4, 0.5) is 0 Å². The molecular formula is C17H29NO2S. The van der Waals surface area contributed by atoms with Crippen LogP contribution in [0.3, 0.4) is 0 Å². The first-order valence-electron chi connectivity index (χ1n) is 7.43. The van der Waals surface area contributed by atoms with E-state index in [1.165, 1.54) is 0 Å². The molecule has 0 saturated carbocycles. The van der Waals surface area contributed by atoms with E-state index in [1.807, 2.05) is 71.9 Å². The molecule has 21 heavy (non-hydrogen) atoms. The summed E-state index contributed by atoms with van der Waals surface area (Å²) in [6.07, 6.45) is 0.0715. The summed E-state index contributed by atoms with van der Waals surface area (Å²) in [7, 11) is -1.17. The SMILES string of the molecule is CC(C)(C)[C@@H](O)C[C@@H](NS(=O)C(C)(C)C)c1ccccc1. The molecule has 0 spiro atoms. The maximum Gasteiger partial charge on any atom is 0.0975 e. The summed E-state index contributed by atoms with van der Waals surface area (Å²) in [5.74, 6) is 0. The van der Waals surface area contributed by atoms with E-state index in [2.05, 4.69) is 4.72 Å². The summed E-state index contributed by atoms with van der Waals surface area (Å²) in [5, 5.41) is 10.4. The van der Waals surface area contributed by atoms with Crippen molar-refractivity contribution >= 4 is 11.0 Å². The average Bonchev–Trinajstić information content (AvgIpc) is 2.36. The molecule has 0 saturated heterocycles. The van der Waals surface area contributed by atoms with Gasteiger partial charge in [0.2, 0.25) is 0 Å². The number of rotatable bonds is 5. The van der Waals surface area contributed by atoms with Gasteiger partial charge in [-0.3, -0.25) is 0 Å². The topological polar surface area (TPSA) is 49.3 Å². The van der Waals surface area contributed by atoms with Crippen molar-refractivity contribution in [1.82, 2.24) is 4.72 Å². The van der Waals surface area contributed by atoms with Crippen molar-refractivity contribution in [2.24, 2.45) is 5.41 Å². The third kappa shape index (κ3) is 5.89. The van der Waals surface area contributed by atoms with Crippen molar-refractivity contribution < 1.29 is 9.32 Å². The molecule has 0 aromatic heterocycles. The second-order valence-corrected chi connectivity index (χ2v) is 9.58. The summed E-state index contributed by atoms with van der Waals surface area (Å²) in [6.45, 7) is 11.9. The van der Waals surface area contributed by atoms with E-state index in [-0.39, 0.29) is 16.2 Å². The lowest BCUT2D eigenvalue weighted by Crippen LogP contribution is -2.38. The van der Waals surface area contributed by atoms with Gasteiger partial charge in [-0.25, -0.2) is 8.93 Å². The van der Waals surface area contributed by atoms with Gasteiger partial charge in [-0.15, -0.1) is 0 Å². The van der Waals surface area contributed by atoms with E-state index in [1.54, 1.807) is 0 Å². The van der Waals surface area contributed by atoms with Crippen molar-refractivity contribution in [2.75, 3.05) is 0 Å². The molecule has 3 nitrogen and oxygen atoms in total. The van der Waals surface area contributed by atoms with Gasteiger partial charge in [0.15, 0.2) is 0 Å². The summed E-state index contributed by atoms with van der Waals surface area (Å²) in [5.41, 5.74) is 0.858. The highest BCUT2D eigenvalue weighted by molar-refractivity contribution is 7.84. The predicted molar refractivity (Wildman–Crippen MR) is 90.3 cm³/mol. The molecule has 0 bridgehead atoms. The first kappa shape index (κ1) is 18.3. The minimum Gasteiger partial charge on any atom is -0.393 e. The van der Waals surface area contributed by atoms with Crippen molar-refractivity contribution in [3.05, 3.63) is 35.9 Å². The zero-order valence-electron chi connectivity index (χ0n) is 14.0. The van der Waals surface area contributed by atoms with Gasteiger partial charge in [-0.2, -0.15) is 0 Å². The first-order chi connectivity index (χ1) is 9.51. The third-order valence-electron chi connectivity index (χ3n) is 3.47. The molecule has 0 fully saturated rings. The molecule has 1 rings (SSSR count). The van der Waals surface area contributed by atoms with Crippen molar-refractivity contribution in [1.29, 1.82) is 0 Å².